The Balaban J connectivity index is 1.98. The van der Waals surface area contributed by atoms with Crippen molar-refractivity contribution in [1.29, 1.82) is 0 Å². The number of rotatable bonds is 5. The lowest BCUT2D eigenvalue weighted by Gasteiger charge is -2.16. The molecule has 0 bridgehead atoms. The van der Waals surface area contributed by atoms with Gasteiger partial charge in [0.1, 0.15) is 0 Å². The summed E-state index contributed by atoms with van der Waals surface area (Å²) in [6.07, 6.45) is 0. The average Bonchev–Trinajstić information content (AvgIpc) is 2.74. The molecule has 0 atom stereocenters. The summed E-state index contributed by atoms with van der Waals surface area (Å²) in [5.74, 6) is 0. The van der Waals surface area contributed by atoms with E-state index in [2.05, 4.69) is 4.90 Å². The number of nitrogens with zero attached hydrogens (tertiary/aromatic N) is 1. The van der Waals surface area contributed by atoms with Crippen LogP contribution in [-0.4, -0.2) is 29.1 Å². The predicted octanol–water partition coefficient (Wildman–Crippen LogP) is 1.71. The van der Waals surface area contributed by atoms with Gasteiger partial charge in [0.25, 0.3) is 0 Å². The van der Waals surface area contributed by atoms with Crippen LogP contribution in [-0.2, 0) is 13.1 Å². The molecule has 0 saturated heterocycles. The molecule has 6 heteroatoms. The van der Waals surface area contributed by atoms with Crippen LogP contribution in [0.5, 0.6) is 0 Å². The zero-order valence-corrected chi connectivity index (χ0v) is 12.2. The summed E-state index contributed by atoms with van der Waals surface area (Å²) in [6, 6.07) is 11.2. The van der Waals surface area contributed by atoms with Crippen LogP contribution < -0.4 is 5.46 Å². The second-order valence-corrected chi connectivity index (χ2v) is 6.30. The van der Waals surface area contributed by atoms with Crippen LogP contribution in [0.1, 0.15) is 10.4 Å². The summed E-state index contributed by atoms with van der Waals surface area (Å²) in [5.41, 5.74) is 1.57. The van der Waals surface area contributed by atoms with Crippen molar-refractivity contribution in [2.24, 2.45) is 0 Å². The molecule has 1 aromatic heterocycles. The zero-order chi connectivity index (χ0) is 13.8. The minimum absolute atomic E-state index is 0.519. The van der Waals surface area contributed by atoms with Crippen LogP contribution in [0.15, 0.2) is 36.4 Å². The Hall–Kier alpha value is -0.845. The van der Waals surface area contributed by atoms with E-state index in [1.807, 2.05) is 37.4 Å². The number of hydrogen-bond acceptors (Lipinski definition) is 4. The number of thiophene rings is 1. The smallest absolute Gasteiger partial charge is 0.423 e. The lowest BCUT2D eigenvalue weighted by Crippen LogP contribution is -2.30. The summed E-state index contributed by atoms with van der Waals surface area (Å²) in [4.78, 5) is 3.37. The van der Waals surface area contributed by atoms with Gasteiger partial charge in [-0.25, -0.2) is 0 Å². The summed E-state index contributed by atoms with van der Waals surface area (Å²) >= 11 is 7.48. The van der Waals surface area contributed by atoms with Gasteiger partial charge in [0, 0.05) is 18.0 Å². The number of hydrogen-bond donors (Lipinski definition) is 2. The van der Waals surface area contributed by atoms with E-state index in [-0.39, 0.29) is 0 Å². The van der Waals surface area contributed by atoms with E-state index in [1.165, 1.54) is 4.88 Å². The monoisotopic (exact) mass is 295 g/mol. The third-order valence-corrected chi connectivity index (χ3v) is 3.97. The van der Waals surface area contributed by atoms with Gasteiger partial charge in [0.15, 0.2) is 0 Å². The van der Waals surface area contributed by atoms with E-state index < -0.39 is 7.12 Å². The Labute approximate surface area is 122 Å². The molecule has 0 saturated carbocycles. The number of benzene rings is 1. The molecular weight excluding hydrogens is 280 g/mol. The van der Waals surface area contributed by atoms with Crippen LogP contribution in [0.4, 0.5) is 0 Å². The van der Waals surface area contributed by atoms with Crippen molar-refractivity contribution in [3.8, 4) is 0 Å². The Bertz CT molecular complexity index is 547. The first-order valence-corrected chi connectivity index (χ1v) is 7.12. The highest BCUT2D eigenvalue weighted by Gasteiger charge is 2.11. The summed E-state index contributed by atoms with van der Waals surface area (Å²) < 4.78 is 0.800. The molecule has 2 aromatic rings. The van der Waals surface area contributed by atoms with E-state index in [1.54, 1.807) is 17.4 Å². The molecule has 0 unspecified atom stereocenters. The van der Waals surface area contributed by atoms with Crippen molar-refractivity contribution in [2.45, 2.75) is 13.1 Å². The lowest BCUT2D eigenvalue weighted by atomic mass is 9.79. The van der Waals surface area contributed by atoms with Gasteiger partial charge < -0.3 is 10.0 Å². The topological polar surface area (TPSA) is 43.7 Å². The SMILES string of the molecule is CN(Cc1cccc(B(O)O)c1)Cc1ccc(Cl)s1. The van der Waals surface area contributed by atoms with Crippen LogP contribution in [0.3, 0.4) is 0 Å². The maximum Gasteiger partial charge on any atom is 0.488 e. The fraction of sp³-hybridized carbons (Fsp3) is 0.231. The Morgan fingerprint density at radius 2 is 2.00 bits per heavy atom. The third kappa shape index (κ3) is 4.33. The Morgan fingerprint density at radius 1 is 1.21 bits per heavy atom. The first-order valence-electron chi connectivity index (χ1n) is 5.92. The fourth-order valence-corrected chi connectivity index (χ4v) is 3.09. The molecule has 1 aromatic carbocycles. The van der Waals surface area contributed by atoms with Gasteiger partial charge >= 0.3 is 7.12 Å². The fourth-order valence-electron chi connectivity index (χ4n) is 1.92. The van der Waals surface area contributed by atoms with Crippen molar-refractivity contribution in [3.63, 3.8) is 0 Å². The van der Waals surface area contributed by atoms with E-state index >= 15 is 0 Å². The van der Waals surface area contributed by atoms with E-state index in [9.17, 15) is 0 Å². The van der Waals surface area contributed by atoms with Crippen molar-refractivity contribution in [3.05, 3.63) is 51.2 Å². The largest absolute Gasteiger partial charge is 0.488 e. The van der Waals surface area contributed by atoms with Crippen LogP contribution in [0.2, 0.25) is 4.34 Å². The normalized spacial score (nSPS) is 11.0. The first kappa shape index (κ1) is 14.6. The highest BCUT2D eigenvalue weighted by atomic mass is 35.5. The minimum Gasteiger partial charge on any atom is -0.423 e. The van der Waals surface area contributed by atoms with Crippen LogP contribution >= 0.6 is 22.9 Å². The van der Waals surface area contributed by atoms with E-state index in [4.69, 9.17) is 21.6 Å². The molecule has 3 nitrogen and oxygen atoms in total. The van der Waals surface area contributed by atoms with E-state index in [0.717, 1.165) is 23.0 Å². The maximum atomic E-state index is 9.15. The molecule has 0 radical (unpaired) electrons. The summed E-state index contributed by atoms with van der Waals surface area (Å²) in [7, 11) is 0.608. The van der Waals surface area contributed by atoms with Crippen molar-refractivity contribution in [2.75, 3.05) is 7.05 Å². The summed E-state index contributed by atoms with van der Waals surface area (Å²) in [6.45, 7) is 1.57. The van der Waals surface area contributed by atoms with Crippen molar-refractivity contribution in [1.82, 2.24) is 4.90 Å². The molecular formula is C13H15BClNO2S. The second-order valence-electron chi connectivity index (χ2n) is 4.50. The zero-order valence-electron chi connectivity index (χ0n) is 10.6. The van der Waals surface area contributed by atoms with Gasteiger partial charge in [-0.2, -0.15) is 0 Å². The second kappa shape index (κ2) is 6.54. The number of halogens is 1. The highest BCUT2D eigenvalue weighted by molar-refractivity contribution is 7.16. The molecule has 100 valence electrons. The molecule has 19 heavy (non-hydrogen) atoms. The lowest BCUT2D eigenvalue weighted by molar-refractivity contribution is 0.322. The van der Waals surface area contributed by atoms with Gasteiger partial charge in [-0.15, -0.1) is 11.3 Å². The van der Waals surface area contributed by atoms with Gasteiger partial charge in [0.05, 0.1) is 4.34 Å². The van der Waals surface area contributed by atoms with Gasteiger partial charge in [-0.1, -0.05) is 35.9 Å². The molecule has 0 aliphatic heterocycles. The first-order chi connectivity index (χ1) is 9.04. The molecule has 2 rings (SSSR count). The van der Waals surface area contributed by atoms with E-state index in [0.29, 0.717) is 5.46 Å². The molecule has 0 amide bonds. The third-order valence-electron chi connectivity index (χ3n) is 2.76. The van der Waals surface area contributed by atoms with Gasteiger partial charge in [0.2, 0.25) is 0 Å². The van der Waals surface area contributed by atoms with Gasteiger partial charge in [-0.05, 0) is 30.2 Å². The molecule has 1 heterocycles. The molecule has 0 fully saturated rings. The van der Waals surface area contributed by atoms with Crippen molar-refractivity contribution >= 4 is 35.5 Å². The van der Waals surface area contributed by atoms with Crippen molar-refractivity contribution < 1.29 is 10.0 Å². The standard InChI is InChI=1S/C13H15BClNO2S/c1-16(9-12-5-6-13(15)19-12)8-10-3-2-4-11(7-10)14(17)18/h2-7,17-18H,8-9H2,1H3. The minimum atomic E-state index is -1.42. The molecule has 2 N–H and O–H groups in total. The quantitative estimate of drug-likeness (QED) is 0.826. The molecule has 0 spiro atoms. The highest BCUT2D eigenvalue weighted by Crippen LogP contribution is 2.22. The van der Waals surface area contributed by atoms with Crippen LogP contribution in [0, 0.1) is 0 Å². The molecule has 0 aliphatic carbocycles. The average molecular weight is 296 g/mol. The summed E-state index contributed by atoms with van der Waals surface area (Å²) in [5, 5.41) is 18.3. The maximum absolute atomic E-state index is 9.15. The molecule has 0 aliphatic rings. The van der Waals surface area contributed by atoms with Crippen LogP contribution in [0.25, 0.3) is 0 Å². The Morgan fingerprint density at radius 3 is 2.63 bits per heavy atom. The predicted molar refractivity (Wildman–Crippen MR) is 80.8 cm³/mol. The van der Waals surface area contributed by atoms with Gasteiger partial charge in [-0.3, -0.25) is 4.90 Å². The Kier molecular flexibility index (Phi) is 5.02.